The number of benzene rings is 1. The number of hydrogen-bond acceptors (Lipinski definition) is 5. The fourth-order valence-electron chi connectivity index (χ4n) is 3.80. The van der Waals surface area contributed by atoms with Crippen LogP contribution in [-0.2, 0) is 29.5 Å². The molecule has 1 saturated heterocycles. The van der Waals surface area contributed by atoms with E-state index in [-0.39, 0.29) is 14.8 Å². The maximum Gasteiger partial charge on any atom is 0.308 e. The van der Waals surface area contributed by atoms with Gasteiger partial charge in [-0.3, -0.25) is 14.3 Å². The summed E-state index contributed by atoms with van der Waals surface area (Å²) < 4.78 is 29.2. The zero-order valence-electron chi connectivity index (χ0n) is 15.2. The number of nitrogens with zero attached hydrogens (tertiary/aromatic N) is 3. The summed E-state index contributed by atoms with van der Waals surface area (Å²) in [6.45, 7) is 2.36. The zero-order chi connectivity index (χ0) is 19.9. The molecular formula is C18H21Cl2N3O3S2. The van der Waals surface area contributed by atoms with E-state index in [0.717, 1.165) is 25.7 Å². The van der Waals surface area contributed by atoms with Crippen molar-refractivity contribution >= 4 is 44.6 Å². The molecule has 1 aromatic carbocycles. The Balaban J connectivity index is 1.46. The van der Waals surface area contributed by atoms with Crippen LogP contribution in [0, 0.1) is 0 Å². The van der Waals surface area contributed by atoms with Gasteiger partial charge >= 0.3 is 4.87 Å². The maximum atomic E-state index is 12.9. The van der Waals surface area contributed by atoms with Gasteiger partial charge in [0.1, 0.15) is 4.90 Å². The molecule has 1 aliphatic heterocycles. The van der Waals surface area contributed by atoms with Crippen molar-refractivity contribution in [2.24, 2.45) is 0 Å². The molecule has 0 spiro atoms. The quantitative estimate of drug-likeness (QED) is 0.701. The minimum atomic E-state index is -3.70. The van der Waals surface area contributed by atoms with Crippen molar-refractivity contribution in [3.05, 3.63) is 48.5 Å². The third-order valence-corrected chi connectivity index (χ3v) is 9.03. The van der Waals surface area contributed by atoms with E-state index >= 15 is 0 Å². The van der Waals surface area contributed by atoms with Crippen LogP contribution in [0.15, 0.2) is 27.9 Å². The first-order chi connectivity index (χ1) is 13.4. The number of fused-ring (bicyclic) bond motifs is 1. The monoisotopic (exact) mass is 461 g/mol. The Kier molecular flexibility index (Phi) is 5.88. The summed E-state index contributed by atoms with van der Waals surface area (Å²) in [6.07, 6.45) is 4.22. The molecule has 1 aromatic heterocycles. The summed E-state index contributed by atoms with van der Waals surface area (Å²) in [7, 11) is -3.70. The van der Waals surface area contributed by atoms with E-state index in [2.05, 4.69) is 4.90 Å². The number of piperazine rings is 1. The molecule has 0 atom stereocenters. The molecule has 2 aliphatic rings. The molecular weight excluding hydrogens is 441 g/mol. The van der Waals surface area contributed by atoms with E-state index in [1.807, 2.05) is 4.57 Å². The van der Waals surface area contributed by atoms with E-state index in [1.165, 1.54) is 38.3 Å². The van der Waals surface area contributed by atoms with Crippen molar-refractivity contribution in [2.45, 2.75) is 37.2 Å². The van der Waals surface area contributed by atoms with Gasteiger partial charge in [0, 0.05) is 41.8 Å². The SMILES string of the molecule is O=c1sc2c(n1CN1CCN(S(=O)(=O)c3cc(Cl)ccc3Cl)CC1)CCCC2. The van der Waals surface area contributed by atoms with Crippen molar-refractivity contribution in [1.29, 1.82) is 0 Å². The lowest BCUT2D eigenvalue weighted by Gasteiger charge is -2.34. The molecule has 4 rings (SSSR count). The van der Waals surface area contributed by atoms with Crippen molar-refractivity contribution in [3.8, 4) is 0 Å². The second kappa shape index (κ2) is 8.08. The molecule has 10 heteroatoms. The van der Waals surface area contributed by atoms with Gasteiger partial charge in [-0.15, -0.1) is 0 Å². The molecule has 0 saturated carbocycles. The normalized spacial score (nSPS) is 18.9. The van der Waals surface area contributed by atoms with Gasteiger partial charge in [-0.1, -0.05) is 34.5 Å². The van der Waals surface area contributed by atoms with Crippen molar-refractivity contribution < 1.29 is 8.42 Å². The van der Waals surface area contributed by atoms with Crippen molar-refractivity contribution in [3.63, 3.8) is 0 Å². The number of rotatable bonds is 4. The molecule has 0 radical (unpaired) electrons. The number of hydrogen-bond donors (Lipinski definition) is 0. The van der Waals surface area contributed by atoms with Gasteiger partial charge < -0.3 is 0 Å². The Hall–Kier alpha value is -0.900. The summed E-state index contributed by atoms with van der Waals surface area (Å²) in [5.41, 5.74) is 1.17. The average Bonchev–Trinajstić information content (AvgIpc) is 2.99. The lowest BCUT2D eigenvalue weighted by atomic mass is 10.0. The van der Waals surface area contributed by atoms with Crippen LogP contribution in [0.1, 0.15) is 23.4 Å². The molecule has 0 bridgehead atoms. The summed E-state index contributed by atoms with van der Waals surface area (Å²) in [5, 5.41) is 0.506. The first-order valence-corrected chi connectivity index (χ1v) is 12.3. The number of halogens is 2. The lowest BCUT2D eigenvalue weighted by Crippen LogP contribution is -2.49. The molecule has 1 aliphatic carbocycles. The maximum absolute atomic E-state index is 12.9. The summed E-state index contributed by atoms with van der Waals surface area (Å²) in [5.74, 6) is 0. The number of aromatic nitrogens is 1. The first kappa shape index (κ1) is 20.4. The molecule has 2 heterocycles. The van der Waals surface area contributed by atoms with Gasteiger partial charge in [0.2, 0.25) is 10.0 Å². The molecule has 152 valence electrons. The number of thiazole rings is 1. The highest BCUT2D eigenvalue weighted by Gasteiger charge is 2.31. The Morgan fingerprint density at radius 1 is 1.04 bits per heavy atom. The molecule has 2 aromatic rings. The van der Waals surface area contributed by atoms with E-state index in [4.69, 9.17) is 23.2 Å². The Labute approximate surface area is 178 Å². The largest absolute Gasteiger partial charge is 0.308 e. The van der Waals surface area contributed by atoms with E-state index in [9.17, 15) is 13.2 Å². The van der Waals surface area contributed by atoms with E-state index in [0.29, 0.717) is 37.9 Å². The average molecular weight is 462 g/mol. The van der Waals surface area contributed by atoms with Crippen molar-refractivity contribution in [2.75, 3.05) is 26.2 Å². The Morgan fingerprint density at radius 2 is 1.75 bits per heavy atom. The van der Waals surface area contributed by atoms with Gasteiger partial charge in [-0.25, -0.2) is 8.42 Å². The molecule has 6 nitrogen and oxygen atoms in total. The lowest BCUT2D eigenvalue weighted by molar-refractivity contribution is 0.149. The molecule has 0 N–H and O–H groups in total. The van der Waals surface area contributed by atoms with Crippen LogP contribution >= 0.6 is 34.5 Å². The third-order valence-electron chi connectivity index (χ3n) is 5.33. The van der Waals surface area contributed by atoms with Gasteiger partial charge in [-0.2, -0.15) is 4.31 Å². The molecule has 28 heavy (non-hydrogen) atoms. The smallest absolute Gasteiger partial charge is 0.289 e. The van der Waals surface area contributed by atoms with Crippen LogP contribution in [0.3, 0.4) is 0 Å². The van der Waals surface area contributed by atoms with E-state index in [1.54, 1.807) is 6.07 Å². The van der Waals surface area contributed by atoms with Gasteiger partial charge in [0.15, 0.2) is 0 Å². The highest BCUT2D eigenvalue weighted by atomic mass is 35.5. The van der Waals surface area contributed by atoms with Crippen LogP contribution < -0.4 is 4.87 Å². The standard InChI is InChI=1S/C18H21Cl2N3O3S2/c19-13-5-6-14(20)17(11-13)28(25,26)22-9-7-21(8-10-22)12-23-15-3-1-2-4-16(15)27-18(23)24/h5-6,11H,1-4,7-10,12H2. The highest BCUT2D eigenvalue weighted by molar-refractivity contribution is 7.89. The predicted octanol–water partition coefficient (Wildman–Crippen LogP) is 3.06. The number of aryl methyl sites for hydroxylation is 1. The zero-order valence-corrected chi connectivity index (χ0v) is 18.4. The topological polar surface area (TPSA) is 62.6 Å². The second-order valence-electron chi connectivity index (χ2n) is 7.11. The summed E-state index contributed by atoms with van der Waals surface area (Å²) >= 11 is 13.4. The molecule has 1 fully saturated rings. The van der Waals surface area contributed by atoms with Crippen molar-refractivity contribution in [1.82, 2.24) is 13.8 Å². The predicted molar refractivity (Wildman–Crippen MR) is 112 cm³/mol. The first-order valence-electron chi connectivity index (χ1n) is 9.25. The minimum Gasteiger partial charge on any atom is -0.289 e. The third kappa shape index (κ3) is 3.91. The summed E-state index contributed by atoms with van der Waals surface area (Å²) in [6, 6.07) is 4.46. The van der Waals surface area contributed by atoms with Crippen LogP contribution in [0.5, 0.6) is 0 Å². The van der Waals surface area contributed by atoms with Crippen LogP contribution in [0.2, 0.25) is 10.0 Å². The number of sulfonamides is 1. The minimum absolute atomic E-state index is 0.0400. The van der Waals surface area contributed by atoms with Crippen LogP contribution in [0.4, 0.5) is 0 Å². The highest BCUT2D eigenvalue weighted by Crippen LogP contribution is 2.28. The Bertz CT molecular complexity index is 1040. The van der Waals surface area contributed by atoms with Gasteiger partial charge in [-0.05, 0) is 43.9 Å². The summed E-state index contributed by atoms with van der Waals surface area (Å²) in [4.78, 5) is 15.9. The fourth-order valence-corrected chi connectivity index (χ4v) is 7.02. The fraction of sp³-hybridized carbons (Fsp3) is 0.500. The molecule has 0 unspecified atom stereocenters. The molecule has 0 amide bonds. The Morgan fingerprint density at radius 3 is 2.50 bits per heavy atom. The second-order valence-corrected chi connectivity index (χ2v) is 10.9. The van der Waals surface area contributed by atoms with Gasteiger partial charge in [0.05, 0.1) is 11.7 Å². The van der Waals surface area contributed by atoms with Crippen LogP contribution in [0.25, 0.3) is 0 Å². The van der Waals surface area contributed by atoms with E-state index < -0.39 is 10.0 Å². The van der Waals surface area contributed by atoms with Gasteiger partial charge in [0.25, 0.3) is 0 Å². The van der Waals surface area contributed by atoms with Crippen LogP contribution in [-0.4, -0.2) is 48.4 Å².